The fraction of sp³-hybridized carbons (Fsp3) is 0.267. The predicted octanol–water partition coefficient (Wildman–Crippen LogP) is 2.28. The Labute approximate surface area is 120 Å². The number of aryl methyl sites for hydroxylation is 1. The maximum Gasteiger partial charge on any atom is 0.305 e. The van der Waals surface area contributed by atoms with Gasteiger partial charge in [-0.25, -0.2) is 4.39 Å². The molecule has 2 rings (SSSR count). The van der Waals surface area contributed by atoms with Gasteiger partial charge in [-0.2, -0.15) is 0 Å². The topological polar surface area (TPSA) is 79.3 Å². The maximum atomic E-state index is 13.1. The van der Waals surface area contributed by atoms with E-state index in [-0.39, 0.29) is 18.1 Å². The number of rotatable bonds is 4. The monoisotopic (exact) mass is 290 g/mol. The van der Waals surface area contributed by atoms with Gasteiger partial charge in [0.05, 0.1) is 23.2 Å². The summed E-state index contributed by atoms with van der Waals surface area (Å²) < 4.78 is 13.1. The van der Waals surface area contributed by atoms with Crippen LogP contribution in [0.2, 0.25) is 0 Å². The minimum absolute atomic E-state index is 0.156. The summed E-state index contributed by atoms with van der Waals surface area (Å²) in [5, 5.41) is 12.0. The molecule has 1 unspecified atom stereocenters. The lowest BCUT2D eigenvalue weighted by Gasteiger charge is -2.13. The molecule has 2 N–H and O–H groups in total. The normalized spacial score (nSPS) is 12.1. The molecule has 0 aliphatic carbocycles. The number of pyridine rings is 1. The van der Waals surface area contributed by atoms with E-state index in [9.17, 15) is 14.0 Å². The second kappa shape index (κ2) is 5.87. The molecule has 0 fully saturated rings. The van der Waals surface area contributed by atoms with E-state index in [0.717, 1.165) is 0 Å². The smallest absolute Gasteiger partial charge is 0.305 e. The largest absolute Gasteiger partial charge is 0.481 e. The molecule has 5 nitrogen and oxygen atoms in total. The Balaban J connectivity index is 2.29. The van der Waals surface area contributed by atoms with Crippen LogP contribution in [0.4, 0.5) is 4.39 Å². The number of nitrogens with one attached hydrogen (secondary N) is 1. The van der Waals surface area contributed by atoms with Crippen molar-refractivity contribution in [2.45, 2.75) is 26.3 Å². The number of aliphatic carboxylic acids is 1. The Hall–Kier alpha value is -2.50. The van der Waals surface area contributed by atoms with Crippen LogP contribution >= 0.6 is 0 Å². The summed E-state index contributed by atoms with van der Waals surface area (Å²) in [6.45, 7) is 3.27. The minimum Gasteiger partial charge on any atom is -0.481 e. The van der Waals surface area contributed by atoms with Gasteiger partial charge in [0.25, 0.3) is 5.91 Å². The third kappa shape index (κ3) is 3.53. The third-order valence-electron chi connectivity index (χ3n) is 3.07. The molecular weight excluding hydrogens is 275 g/mol. The molecule has 0 saturated heterocycles. The van der Waals surface area contributed by atoms with Crippen LogP contribution < -0.4 is 5.32 Å². The highest BCUT2D eigenvalue weighted by molar-refractivity contribution is 5.98. The SMILES string of the molecule is Cc1nc2cc(F)ccc2cc1C(=O)NC(C)CC(=O)O. The molecule has 0 saturated carbocycles. The molecule has 110 valence electrons. The highest BCUT2D eigenvalue weighted by atomic mass is 19.1. The molecule has 1 atom stereocenters. The summed E-state index contributed by atoms with van der Waals surface area (Å²) in [5.74, 6) is -1.76. The molecule has 0 radical (unpaired) electrons. The first kappa shape index (κ1) is 14.9. The summed E-state index contributed by atoms with van der Waals surface area (Å²) in [7, 11) is 0. The summed E-state index contributed by atoms with van der Waals surface area (Å²) in [6, 6.07) is 5.29. The number of aromatic nitrogens is 1. The van der Waals surface area contributed by atoms with Gasteiger partial charge in [0.1, 0.15) is 5.82 Å². The van der Waals surface area contributed by atoms with Crippen LogP contribution in [0.5, 0.6) is 0 Å². The number of fused-ring (bicyclic) bond motifs is 1. The van der Waals surface area contributed by atoms with Crippen molar-refractivity contribution < 1.29 is 19.1 Å². The van der Waals surface area contributed by atoms with Crippen molar-refractivity contribution in [1.29, 1.82) is 0 Å². The van der Waals surface area contributed by atoms with Crippen LogP contribution in [-0.4, -0.2) is 28.0 Å². The van der Waals surface area contributed by atoms with Crippen LogP contribution in [0.15, 0.2) is 24.3 Å². The van der Waals surface area contributed by atoms with Crippen molar-refractivity contribution in [3.8, 4) is 0 Å². The molecular formula is C15H15FN2O3. The molecule has 0 aliphatic rings. The Morgan fingerprint density at radius 1 is 1.38 bits per heavy atom. The number of nitrogens with zero attached hydrogens (tertiary/aromatic N) is 1. The number of carbonyl (C=O) groups excluding carboxylic acids is 1. The molecule has 0 aliphatic heterocycles. The van der Waals surface area contributed by atoms with E-state index in [1.54, 1.807) is 26.0 Å². The van der Waals surface area contributed by atoms with Gasteiger partial charge in [-0.15, -0.1) is 0 Å². The highest BCUT2D eigenvalue weighted by Gasteiger charge is 2.16. The number of hydrogen-bond donors (Lipinski definition) is 2. The fourth-order valence-electron chi connectivity index (χ4n) is 2.08. The molecule has 1 heterocycles. The van der Waals surface area contributed by atoms with E-state index >= 15 is 0 Å². The lowest BCUT2D eigenvalue weighted by atomic mass is 10.1. The van der Waals surface area contributed by atoms with Crippen molar-refractivity contribution in [3.05, 3.63) is 41.3 Å². The highest BCUT2D eigenvalue weighted by Crippen LogP contribution is 2.18. The van der Waals surface area contributed by atoms with Crippen LogP contribution in [0.25, 0.3) is 10.9 Å². The molecule has 21 heavy (non-hydrogen) atoms. The van der Waals surface area contributed by atoms with Gasteiger partial charge in [0.2, 0.25) is 0 Å². The number of carboxylic acid groups (broad SMARTS) is 1. The van der Waals surface area contributed by atoms with E-state index < -0.39 is 12.0 Å². The average Bonchev–Trinajstić information content (AvgIpc) is 2.36. The lowest BCUT2D eigenvalue weighted by Crippen LogP contribution is -2.34. The number of carboxylic acids is 1. The van der Waals surface area contributed by atoms with Gasteiger partial charge in [-0.1, -0.05) is 0 Å². The molecule has 0 spiro atoms. The number of amides is 1. The minimum atomic E-state index is -0.980. The molecule has 1 aromatic carbocycles. The number of carbonyl (C=O) groups is 2. The van der Waals surface area contributed by atoms with Crippen molar-refractivity contribution in [2.24, 2.45) is 0 Å². The van der Waals surface area contributed by atoms with Gasteiger partial charge >= 0.3 is 5.97 Å². The summed E-state index contributed by atoms with van der Waals surface area (Å²) in [5.41, 5.74) is 1.29. The predicted molar refractivity (Wildman–Crippen MR) is 75.6 cm³/mol. The van der Waals surface area contributed by atoms with Gasteiger partial charge in [0, 0.05) is 17.5 Å². The van der Waals surface area contributed by atoms with Crippen LogP contribution in [0.3, 0.4) is 0 Å². The second-order valence-corrected chi connectivity index (χ2v) is 4.93. The van der Waals surface area contributed by atoms with Gasteiger partial charge in [-0.3, -0.25) is 14.6 Å². The molecule has 1 amide bonds. The number of halogens is 1. The Morgan fingerprint density at radius 2 is 2.10 bits per heavy atom. The van der Waals surface area contributed by atoms with E-state index in [0.29, 0.717) is 22.2 Å². The quantitative estimate of drug-likeness (QED) is 0.905. The number of hydrogen-bond acceptors (Lipinski definition) is 3. The van der Waals surface area contributed by atoms with Crippen LogP contribution in [-0.2, 0) is 4.79 Å². The standard InChI is InChI=1S/C15H15FN2O3/c1-8(5-14(19)20)17-15(21)12-6-10-3-4-11(16)7-13(10)18-9(12)2/h3-4,6-8H,5H2,1-2H3,(H,17,21)(H,19,20). The zero-order valence-corrected chi connectivity index (χ0v) is 11.7. The van der Waals surface area contributed by atoms with Crippen LogP contribution in [0.1, 0.15) is 29.4 Å². The van der Waals surface area contributed by atoms with Crippen molar-refractivity contribution in [1.82, 2.24) is 10.3 Å². The molecule has 1 aromatic heterocycles. The van der Waals surface area contributed by atoms with Gasteiger partial charge in [-0.05, 0) is 32.0 Å². The van der Waals surface area contributed by atoms with Crippen molar-refractivity contribution in [3.63, 3.8) is 0 Å². The molecule has 6 heteroatoms. The zero-order chi connectivity index (χ0) is 15.6. The summed E-state index contributed by atoms with van der Waals surface area (Å²) in [4.78, 5) is 27.0. The molecule has 0 bridgehead atoms. The summed E-state index contributed by atoms with van der Waals surface area (Å²) >= 11 is 0. The third-order valence-corrected chi connectivity index (χ3v) is 3.07. The van der Waals surface area contributed by atoms with E-state index in [1.807, 2.05) is 0 Å². The maximum absolute atomic E-state index is 13.1. The fourth-order valence-corrected chi connectivity index (χ4v) is 2.08. The van der Waals surface area contributed by atoms with Crippen molar-refractivity contribution in [2.75, 3.05) is 0 Å². The first-order chi connectivity index (χ1) is 9.86. The van der Waals surface area contributed by atoms with E-state index in [1.165, 1.54) is 12.1 Å². The Bertz CT molecular complexity index is 715. The molecule has 2 aromatic rings. The lowest BCUT2D eigenvalue weighted by molar-refractivity contribution is -0.137. The Morgan fingerprint density at radius 3 is 2.76 bits per heavy atom. The number of benzene rings is 1. The van der Waals surface area contributed by atoms with Gasteiger partial charge in [0.15, 0.2) is 0 Å². The van der Waals surface area contributed by atoms with Gasteiger partial charge < -0.3 is 10.4 Å². The van der Waals surface area contributed by atoms with E-state index in [4.69, 9.17) is 5.11 Å². The first-order valence-electron chi connectivity index (χ1n) is 6.46. The van der Waals surface area contributed by atoms with Crippen molar-refractivity contribution >= 4 is 22.8 Å². The average molecular weight is 290 g/mol. The van der Waals surface area contributed by atoms with E-state index in [2.05, 4.69) is 10.3 Å². The first-order valence-corrected chi connectivity index (χ1v) is 6.46. The summed E-state index contributed by atoms with van der Waals surface area (Å²) in [6.07, 6.45) is -0.156. The zero-order valence-electron chi connectivity index (χ0n) is 11.7. The van der Waals surface area contributed by atoms with Crippen LogP contribution in [0, 0.1) is 12.7 Å². The second-order valence-electron chi connectivity index (χ2n) is 4.93. The Kier molecular flexibility index (Phi) is 4.16.